The smallest absolute Gasteiger partial charge is 0.336 e. The molecule has 0 saturated heterocycles. The average Bonchev–Trinajstić information content (AvgIpc) is 3.46. The third kappa shape index (κ3) is 7.90. The van der Waals surface area contributed by atoms with E-state index < -0.39 is 20.6 Å². The molecule has 15 heteroatoms. The molecule has 14 nitrogen and oxygen atoms in total. The lowest BCUT2D eigenvalue weighted by Crippen LogP contribution is -2.11. The molecule has 0 atom stereocenters. The van der Waals surface area contributed by atoms with E-state index in [9.17, 15) is 23.3 Å². The highest BCUT2D eigenvalue weighted by atomic mass is 32.2. The fourth-order valence-corrected chi connectivity index (χ4v) is 4.64. The first-order valence-corrected chi connectivity index (χ1v) is 14.8. The summed E-state index contributed by atoms with van der Waals surface area (Å²) < 4.78 is 41.4. The molecule has 0 fully saturated rings. The topological polar surface area (TPSA) is 195 Å². The van der Waals surface area contributed by atoms with Crippen molar-refractivity contribution >= 4 is 32.9 Å². The molecule has 2 heterocycles. The second-order valence-corrected chi connectivity index (χ2v) is 11.1. The van der Waals surface area contributed by atoms with Crippen LogP contribution in [0.1, 0.15) is 23.2 Å². The molecular formula is C29H26N6O8S. The Morgan fingerprint density at radius 2 is 1.84 bits per heavy atom. The van der Waals surface area contributed by atoms with Gasteiger partial charge in [-0.1, -0.05) is 17.3 Å². The highest BCUT2D eigenvalue weighted by Gasteiger charge is 2.12. The lowest BCUT2D eigenvalue weighted by molar-refractivity contribution is -0.384. The number of nitrogens with zero attached hydrogens (tertiary/aromatic N) is 5. The van der Waals surface area contributed by atoms with Gasteiger partial charge in [-0.15, -0.1) is 5.10 Å². The van der Waals surface area contributed by atoms with E-state index in [0.29, 0.717) is 53.5 Å². The zero-order chi connectivity index (χ0) is 31.1. The molecule has 2 aromatic heterocycles. The van der Waals surface area contributed by atoms with Gasteiger partial charge >= 0.3 is 5.63 Å². The van der Waals surface area contributed by atoms with Crippen molar-refractivity contribution in [3.63, 3.8) is 0 Å². The lowest BCUT2D eigenvalue weighted by Gasteiger charge is -2.08. The summed E-state index contributed by atoms with van der Waals surface area (Å²) in [6, 6.07) is 18.5. The van der Waals surface area contributed by atoms with Gasteiger partial charge in [0.25, 0.3) is 5.69 Å². The van der Waals surface area contributed by atoms with Crippen molar-refractivity contribution in [2.75, 3.05) is 6.61 Å². The molecular weight excluding hydrogens is 592 g/mol. The third-order valence-electron chi connectivity index (χ3n) is 6.32. The number of benzene rings is 3. The number of hydrogen-bond donors (Lipinski definition) is 1. The number of hydrogen-bond acceptors (Lipinski definition) is 11. The Morgan fingerprint density at radius 1 is 1.05 bits per heavy atom. The van der Waals surface area contributed by atoms with Crippen molar-refractivity contribution in [3.05, 3.63) is 116 Å². The van der Waals surface area contributed by atoms with Crippen LogP contribution in [0.5, 0.6) is 11.5 Å². The maximum Gasteiger partial charge on any atom is 0.336 e. The van der Waals surface area contributed by atoms with E-state index >= 15 is 0 Å². The Morgan fingerprint density at radius 3 is 2.61 bits per heavy atom. The maximum absolute atomic E-state index is 11.4. The number of primary sulfonamides is 1. The SMILES string of the molecule is NS(=O)(=O)c1ccc(CN=Cc2cc([N+](=O)[O-])ccc2OCc2cn(CCCOc3ccc4ccc(=O)oc4c3)nn2)cc1. The van der Waals surface area contributed by atoms with Crippen LogP contribution >= 0.6 is 0 Å². The van der Waals surface area contributed by atoms with Gasteiger partial charge in [0.15, 0.2) is 0 Å². The minimum absolute atomic E-state index is 0.0109. The van der Waals surface area contributed by atoms with E-state index in [2.05, 4.69) is 15.3 Å². The number of aromatic nitrogens is 3. The van der Waals surface area contributed by atoms with Crippen molar-refractivity contribution in [2.24, 2.45) is 10.1 Å². The van der Waals surface area contributed by atoms with Crippen molar-refractivity contribution in [1.82, 2.24) is 15.0 Å². The van der Waals surface area contributed by atoms with Gasteiger partial charge in [0.1, 0.15) is 29.4 Å². The van der Waals surface area contributed by atoms with Crippen LogP contribution in [-0.4, -0.2) is 41.2 Å². The Bertz CT molecular complexity index is 1990. The Kier molecular flexibility index (Phi) is 9.06. The fraction of sp³-hybridized carbons (Fsp3) is 0.172. The van der Waals surface area contributed by atoms with Crippen molar-refractivity contribution in [3.8, 4) is 11.5 Å². The van der Waals surface area contributed by atoms with Crippen molar-refractivity contribution < 1.29 is 27.2 Å². The normalized spacial score (nSPS) is 11.7. The molecule has 226 valence electrons. The zero-order valence-electron chi connectivity index (χ0n) is 23.1. The third-order valence-corrected chi connectivity index (χ3v) is 7.25. The molecule has 0 bridgehead atoms. The van der Waals surface area contributed by atoms with Crippen LogP contribution in [0.3, 0.4) is 0 Å². The monoisotopic (exact) mass is 618 g/mol. The molecule has 0 radical (unpaired) electrons. The van der Waals surface area contributed by atoms with Crippen LogP contribution in [0.4, 0.5) is 5.69 Å². The standard InChI is InChI=1S/C29H26N6O8S/c30-44(39,40)26-8-2-20(3-9-26)16-31-17-22-14-24(35(37)38)6-10-27(22)42-19-23-18-34(33-32-23)12-1-13-41-25-7-4-21-5-11-29(36)43-28(21)15-25/h2-11,14-15,17-18H,1,12-13,16,19H2,(H2,30,39,40). The first kappa shape index (κ1) is 30.1. The molecule has 0 aliphatic heterocycles. The minimum Gasteiger partial charge on any atom is -0.493 e. The van der Waals surface area contributed by atoms with Crippen molar-refractivity contribution in [2.45, 2.75) is 31.0 Å². The van der Waals surface area contributed by atoms with Gasteiger partial charge in [-0.05, 0) is 42.0 Å². The van der Waals surface area contributed by atoms with Gasteiger partial charge in [0, 0.05) is 54.4 Å². The van der Waals surface area contributed by atoms with E-state index in [1.165, 1.54) is 42.6 Å². The van der Waals surface area contributed by atoms with Gasteiger partial charge in [-0.2, -0.15) is 0 Å². The number of nitro benzene ring substituents is 1. The van der Waals surface area contributed by atoms with Gasteiger partial charge < -0.3 is 13.9 Å². The minimum atomic E-state index is -3.80. The number of nitro groups is 1. The largest absolute Gasteiger partial charge is 0.493 e. The summed E-state index contributed by atoms with van der Waals surface area (Å²) >= 11 is 0. The van der Waals surface area contributed by atoms with Crippen LogP contribution in [0.15, 0.2) is 98.1 Å². The molecule has 5 rings (SSSR count). The number of aliphatic imine (C=N–C) groups is 1. The lowest BCUT2D eigenvalue weighted by atomic mass is 10.2. The average molecular weight is 619 g/mol. The predicted molar refractivity (Wildman–Crippen MR) is 159 cm³/mol. The zero-order valence-corrected chi connectivity index (χ0v) is 23.9. The second-order valence-electron chi connectivity index (χ2n) is 9.56. The molecule has 3 aromatic carbocycles. The summed E-state index contributed by atoms with van der Waals surface area (Å²) in [5, 5.41) is 25.5. The van der Waals surface area contributed by atoms with E-state index in [1.807, 2.05) is 6.07 Å². The van der Waals surface area contributed by atoms with E-state index in [0.717, 1.165) is 5.39 Å². The quantitative estimate of drug-likeness (QED) is 0.0669. The van der Waals surface area contributed by atoms with Crippen LogP contribution in [-0.2, 0) is 29.7 Å². The number of aryl methyl sites for hydroxylation is 1. The van der Waals surface area contributed by atoms with Gasteiger partial charge in [0.2, 0.25) is 10.0 Å². The molecule has 5 aromatic rings. The molecule has 0 aliphatic rings. The molecule has 0 aliphatic carbocycles. The van der Waals surface area contributed by atoms with Gasteiger partial charge in [0.05, 0.1) is 29.2 Å². The summed E-state index contributed by atoms with van der Waals surface area (Å²) in [5.74, 6) is 0.944. The number of sulfonamides is 1. The van der Waals surface area contributed by atoms with Gasteiger partial charge in [-0.25, -0.2) is 18.4 Å². The number of ether oxygens (including phenoxy) is 2. The summed E-state index contributed by atoms with van der Waals surface area (Å²) in [6.45, 7) is 1.19. The molecule has 0 unspecified atom stereocenters. The number of rotatable bonds is 13. The van der Waals surface area contributed by atoms with E-state index in [-0.39, 0.29) is 23.7 Å². The number of non-ortho nitro benzene ring substituents is 1. The molecule has 2 N–H and O–H groups in total. The first-order valence-electron chi connectivity index (χ1n) is 13.2. The molecule has 0 amide bonds. The van der Waals surface area contributed by atoms with Crippen LogP contribution in [0, 0.1) is 10.1 Å². The molecule has 0 spiro atoms. The molecule has 44 heavy (non-hydrogen) atoms. The van der Waals surface area contributed by atoms with Crippen LogP contribution in [0.2, 0.25) is 0 Å². The number of nitrogens with two attached hydrogens (primary N) is 1. The van der Waals surface area contributed by atoms with Gasteiger partial charge in [-0.3, -0.25) is 19.8 Å². The first-order chi connectivity index (χ1) is 21.1. The second kappa shape index (κ2) is 13.3. The Hall–Kier alpha value is -5.41. The number of fused-ring (bicyclic) bond motifs is 1. The predicted octanol–water partition coefficient (Wildman–Crippen LogP) is 3.61. The Balaban J connectivity index is 1.15. The highest BCUT2D eigenvalue weighted by molar-refractivity contribution is 7.89. The summed E-state index contributed by atoms with van der Waals surface area (Å²) in [6.07, 6.45) is 3.82. The Labute approximate surface area is 250 Å². The summed E-state index contributed by atoms with van der Waals surface area (Å²) in [7, 11) is -3.80. The van der Waals surface area contributed by atoms with E-state index in [4.69, 9.17) is 19.0 Å². The van der Waals surface area contributed by atoms with Crippen LogP contribution in [0.25, 0.3) is 11.0 Å². The highest BCUT2D eigenvalue weighted by Crippen LogP contribution is 2.24. The summed E-state index contributed by atoms with van der Waals surface area (Å²) in [4.78, 5) is 26.6. The molecule has 0 saturated carbocycles. The maximum atomic E-state index is 11.4. The summed E-state index contributed by atoms with van der Waals surface area (Å²) in [5.41, 5.74) is 1.55. The van der Waals surface area contributed by atoms with Crippen molar-refractivity contribution in [1.29, 1.82) is 0 Å². The van der Waals surface area contributed by atoms with Crippen LogP contribution < -0.4 is 20.2 Å². The van der Waals surface area contributed by atoms with E-state index in [1.54, 1.807) is 41.2 Å². The fourth-order valence-electron chi connectivity index (χ4n) is 4.13.